The highest BCUT2D eigenvalue weighted by Crippen LogP contribution is 2.26. The van der Waals surface area contributed by atoms with Crippen LogP contribution in [0, 0.1) is 0 Å². The van der Waals surface area contributed by atoms with Crippen LogP contribution in [-0.4, -0.2) is 18.1 Å². The molecule has 1 aromatic rings. The summed E-state index contributed by atoms with van der Waals surface area (Å²) in [7, 11) is 0. The topological polar surface area (TPSA) is 77.5 Å². The number of rotatable bonds is 0. The molecular weight excluding hydrogens is 194 g/mol. The first-order valence-electron chi connectivity index (χ1n) is 4.54. The van der Waals surface area contributed by atoms with Crippen molar-refractivity contribution in [2.24, 2.45) is 5.73 Å². The largest absolute Gasteiger partial charge is 0.351 e. The molecule has 0 fully saturated rings. The van der Waals surface area contributed by atoms with Crippen LogP contribution < -0.4 is 16.0 Å². The number of nitrogens with two attached hydrogens (primary N) is 1. The van der Waals surface area contributed by atoms with E-state index in [1.165, 1.54) is 4.90 Å². The van der Waals surface area contributed by atoms with Crippen molar-refractivity contribution >= 4 is 17.6 Å². The quantitative estimate of drug-likeness (QED) is 0.674. The number of benzene rings is 1. The van der Waals surface area contributed by atoms with Gasteiger partial charge in [-0.25, -0.2) is 10.1 Å². The number of primary amides is 1. The third kappa shape index (κ3) is 1.41. The first-order valence-corrected chi connectivity index (χ1v) is 4.54. The van der Waals surface area contributed by atoms with Crippen molar-refractivity contribution < 1.29 is 9.59 Å². The van der Waals surface area contributed by atoms with Crippen LogP contribution in [0.3, 0.4) is 0 Å². The van der Waals surface area contributed by atoms with Crippen LogP contribution in [0.25, 0.3) is 0 Å². The molecule has 0 saturated heterocycles. The molecule has 1 unspecified atom stereocenters. The Morgan fingerprint density at radius 1 is 1.47 bits per heavy atom. The second-order valence-electron chi connectivity index (χ2n) is 3.29. The molecule has 1 radical (unpaired) electrons. The van der Waals surface area contributed by atoms with E-state index in [0.29, 0.717) is 11.3 Å². The van der Waals surface area contributed by atoms with Gasteiger partial charge in [0.2, 0.25) is 0 Å². The van der Waals surface area contributed by atoms with Gasteiger partial charge >= 0.3 is 6.03 Å². The van der Waals surface area contributed by atoms with Crippen LogP contribution in [0.5, 0.6) is 0 Å². The van der Waals surface area contributed by atoms with Gasteiger partial charge in [-0.3, -0.25) is 9.69 Å². The summed E-state index contributed by atoms with van der Waals surface area (Å²) in [5, 5.41) is 3.81. The van der Waals surface area contributed by atoms with Crippen LogP contribution in [-0.2, 0) is 0 Å². The monoisotopic (exact) mass is 204 g/mol. The Labute approximate surface area is 86.9 Å². The van der Waals surface area contributed by atoms with Gasteiger partial charge in [0, 0.05) is 0 Å². The van der Waals surface area contributed by atoms with E-state index >= 15 is 0 Å². The molecule has 2 N–H and O–H groups in total. The molecule has 5 nitrogen and oxygen atoms in total. The van der Waals surface area contributed by atoms with Gasteiger partial charge in [0.25, 0.3) is 5.91 Å². The van der Waals surface area contributed by atoms with Gasteiger partial charge < -0.3 is 5.73 Å². The minimum Gasteiger partial charge on any atom is -0.351 e. The number of nitrogens with zero attached hydrogens (tertiary/aromatic N) is 2. The predicted molar refractivity (Wildman–Crippen MR) is 54.4 cm³/mol. The zero-order valence-corrected chi connectivity index (χ0v) is 8.18. The minimum atomic E-state index is -0.605. The lowest BCUT2D eigenvalue weighted by Gasteiger charge is -2.32. The van der Waals surface area contributed by atoms with Crippen LogP contribution >= 0.6 is 0 Å². The number of hydrogen-bond acceptors (Lipinski definition) is 2. The van der Waals surface area contributed by atoms with Crippen molar-refractivity contribution in [2.75, 3.05) is 4.90 Å². The summed E-state index contributed by atoms with van der Waals surface area (Å²) < 4.78 is 0. The molecule has 1 aromatic carbocycles. The molecular formula is C10H10N3O2. The lowest BCUT2D eigenvalue weighted by Crippen LogP contribution is -2.52. The highest BCUT2D eigenvalue weighted by atomic mass is 16.2. The molecule has 15 heavy (non-hydrogen) atoms. The molecule has 0 aliphatic carbocycles. The molecule has 3 amide bonds. The first kappa shape index (κ1) is 9.51. The summed E-state index contributed by atoms with van der Waals surface area (Å²) in [6, 6.07) is 6.18. The standard InChI is InChI=1S/C10H10N3O2/c1-6-12-9(14)7-4-2-3-5-8(7)13(6)10(11)15/h2-6H,1H3,(H2,11,15). The number of anilines is 1. The summed E-state index contributed by atoms with van der Waals surface area (Å²) in [6.45, 7) is 1.65. The Hall–Kier alpha value is -2.04. The second kappa shape index (κ2) is 3.27. The van der Waals surface area contributed by atoms with E-state index in [9.17, 15) is 9.59 Å². The highest BCUT2D eigenvalue weighted by Gasteiger charge is 2.31. The normalized spacial score (nSPS) is 19.4. The molecule has 1 aliphatic rings. The number of hydrogen-bond donors (Lipinski definition) is 1. The van der Waals surface area contributed by atoms with Gasteiger partial charge in [-0.15, -0.1) is 0 Å². The molecule has 1 atom stereocenters. The number of para-hydroxylation sites is 1. The third-order valence-corrected chi connectivity index (χ3v) is 2.31. The van der Waals surface area contributed by atoms with Crippen molar-refractivity contribution in [1.29, 1.82) is 0 Å². The van der Waals surface area contributed by atoms with E-state index in [4.69, 9.17) is 5.73 Å². The Bertz CT molecular complexity index is 430. The van der Waals surface area contributed by atoms with E-state index in [0.717, 1.165) is 0 Å². The van der Waals surface area contributed by atoms with Crippen molar-refractivity contribution in [3.63, 3.8) is 0 Å². The zero-order valence-electron chi connectivity index (χ0n) is 8.18. The van der Waals surface area contributed by atoms with Crippen LogP contribution in [0.1, 0.15) is 17.3 Å². The van der Waals surface area contributed by atoms with Gasteiger partial charge in [-0.2, -0.15) is 0 Å². The Kier molecular flexibility index (Phi) is 2.07. The van der Waals surface area contributed by atoms with Crippen LogP contribution in [0.2, 0.25) is 0 Å². The lowest BCUT2D eigenvalue weighted by atomic mass is 10.1. The van der Waals surface area contributed by atoms with Crippen molar-refractivity contribution in [3.05, 3.63) is 29.8 Å². The minimum absolute atomic E-state index is 0.310. The Morgan fingerprint density at radius 2 is 2.13 bits per heavy atom. The van der Waals surface area contributed by atoms with Crippen LogP contribution in [0.15, 0.2) is 24.3 Å². The average Bonchev–Trinajstić information content (AvgIpc) is 2.17. The SMILES string of the molecule is CC1[N]C(=O)c2ccccc2N1C(N)=O. The molecule has 77 valence electrons. The van der Waals surface area contributed by atoms with Gasteiger partial charge in [-0.05, 0) is 19.1 Å². The molecule has 2 rings (SSSR count). The lowest BCUT2D eigenvalue weighted by molar-refractivity contribution is 0.0927. The van der Waals surface area contributed by atoms with Gasteiger partial charge in [0.05, 0.1) is 11.3 Å². The summed E-state index contributed by atoms with van der Waals surface area (Å²) in [5.74, 6) is -0.310. The zero-order chi connectivity index (χ0) is 11.0. The molecule has 0 aromatic heterocycles. The molecule has 0 spiro atoms. The second-order valence-corrected chi connectivity index (χ2v) is 3.29. The van der Waals surface area contributed by atoms with Gasteiger partial charge in [0.15, 0.2) is 0 Å². The Balaban J connectivity index is 2.56. The fraction of sp³-hybridized carbons (Fsp3) is 0.200. The summed E-state index contributed by atoms with van der Waals surface area (Å²) in [4.78, 5) is 24.0. The molecule has 0 saturated carbocycles. The number of carbonyl (C=O) groups is 2. The van der Waals surface area contributed by atoms with E-state index in [-0.39, 0.29) is 5.91 Å². The first-order chi connectivity index (χ1) is 7.11. The molecule has 0 bridgehead atoms. The van der Waals surface area contributed by atoms with E-state index in [1.807, 2.05) is 0 Å². The highest BCUT2D eigenvalue weighted by molar-refractivity contribution is 6.07. The van der Waals surface area contributed by atoms with Crippen molar-refractivity contribution in [2.45, 2.75) is 13.1 Å². The van der Waals surface area contributed by atoms with Crippen LogP contribution in [0.4, 0.5) is 10.5 Å². The van der Waals surface area contributed by atoms with E-state index in [1.54, 1.807) is 31.2 Å². The number of fused-ring (bicyclic) bond motifs is 1. The molecule has 5 heteroatoms. The number of amides is 3. The molecule has 1 heterocycles. The van der Waals surface area contributed by atoms with E-state index < -0.39 is 12.2 Å². The Morgan fingerprint density at radius 3 is 2.80 bits per heavy atom. The van der Waals surface area contributed by atoms with Crippen molar-refractivity contribution in [1.82, 2.24) is 5.32 Å². The fourth-order valence-corrected chi connectivity index (χ4v) is 1.67. The smallest absolute Gasteiger partial charge is 0.321 e. The van der Waals surface area contributed by atoms with Gasteiger partial charge in [-0.1, -0.05) is 12.1 Å². The van der Waals surface area contributed by atoms with E-state index in [2.05, 4.69) is 5.32 Å². The van der Waals surface area contributed by atoms with Gasteiger partial charge in [0.1, 0.15) is 6.17 Å². The maximum absolute atomic E-state index is 11.5. The number of carbonyl (C=O) groups excluding carboxylic acids is 2. The fourth-order valence-electron chi connectivity index (χ4n) is 1.67. The summed E-state index contributed by atoms with van der Waals surface area (Å²) in [6.07, 6.45) is -0.537. The van der Waals surface area contributed by atoms with Crippen molar-refractivity contribution in [3.8, 4) is 0 Å². The summed E-state index contributed by atoms with van der Waals surface area (Å²) in [5.41, 5.74) is 6.17. The maximum atomic E-state index is 11.5. The summed E-state index contributed by atoms with van der Waals surface area (Å²) >= 11 is 0. The number of urea groups is 1. The molecule has 1 aliphatic heterocycles. The predicted octanol–water partition coefficient (Wildman–Crippen LogP) is 0.676. The third-order valence-electron chi connectivity index (χ3n) is 2.31. The maximum Gasteiger partial charge on any atom is 0.321 e. The average molecular weight is 204 g/mol.